The molecule has 110 valence electrons. The summed E-state index contributed by atoms with van der Waals surface area (Å²) in [5.74, 6) is 0.0276. The summed E-state index contributed by atoms with van der Waals surface area (Å²) < 4.78 is 5.99. The lowest BCUT2D eigenvalue weighted by molar-refractivity contribution is -0.888. The van der Waals surface area contributed by atoms with Gasteiger partial charge in [0.05, 0.1) is 38.5 Å². The maximum absolute atomic E-state index is 11.6. The van der Waals surface area contributed by atoms with Gasteiger partial charge in [0, 0.05) is 18.6 Å². The second kappa shape index (κ2) is 7.00. The largest absolute Gasteiger partial charge is 0.427 e. The van der Waals surface area contributed by atoms with Crippen molar-refractivity contribution < 1.29 is 18.9 Å². The zero-order chi connectivity index (χ0) is 15.2. The second-order valence-electron chi connectivity index (χ2n) is 5.30. The summed E-state index contributed by atoms with van der Waals surface area (Å²) >= 11 is 0. The summed E-state index contributed by atoms with van der Waals surface area (Å²) in [6.45, 7) is 4.03. The van der Waals surface area contributed by atoms with Gasteiger partial charge in [0.25, 0.3) is 5.69 Å². The van der Waals surface area contributed by atoms with Crippen molar-refractivity contribution in [2.24, 2.45) is 0 Å². The van der Waals surface area contributed by atoms with Crippen molar-refractivity contribution in [1.29, 1.82) is 0 Å². The van der Waals surface area contributed by atoms with Crippen molar-refractivity contribution in [3.05, 3.63) is 34.4 Å². The van der Waals surface area contributed by atoms with E-state index in [-0.39, 0.29) is 11.7 Å². The van der Waals surface area contributed by atoms with Gasteiger partial charge in [0.15, 0.2) is 0 Å². The SMILES string of the molecule is CC[N+](C)(C)CCCC(=O)Oc1ccc([N+](=O)[O-])cc1. The lowest BCUT2D eigenvalue weighted by Gasteiger charge is -2.27. The van der Waals surface area contributed by atoms with E-state index in [1.165, 1.54) is 24.3 Å². The number of nitrogens with zero attached hydrogens (tertiary/aromatic N) is 2. The normalized spacial score (nSPS) is 11.2. The average molecular weight is 281 g/mol. The Bertz CT molecular complexity index is 469. The van der Waals surface area contributed by atoms with Crippen LogP contribution in [0.2, 0.25) is 0 Å². The molecule has 1 aromatic carbocycles. The summed E-state index contributed by atoms with van der Waals surface area (Å²) in [7, 11) is 4.23. The smallest absolute Gasteiger partial charge is 0.311 e. The molecule has 0 amide bonds. The number of benzene rings is 1. The van der Waals surface area contributed by atoms with Crippen LogP contribution in [0.3, 0.4) is 0 Å². The fourth-order valence-electron chi connectivity index (χ4n) is 1.63. The van der Waals surface area contributed by atoms with E-state index >= 15 is 0 Å². The molecule has 0 heterocycles. The first-order chi connectivity index (χ1) is 9.34. The molecule has 0 aromatic heterocycles. The highest BCUT2D eigenvalue weighted by Crippen LogP contribution is 2.17. The predicted molar refractivity (Wildman–Crippen MR) is 75.5 cm³/mol. The molecule has 0 spiro atoms. The average Bonchev–Trinajstić information content (AvgIpc) is 2.39. The zero-order valence-electron chi connectivity index (χ0n) is 12.2. The van der Waals surface area contributed by atoms with Crippen LogP contribution < -0.4 is 4.74 Å². The molecule has 0 aliphatic rings. The summed E-state index contributed by atoms with van der Waals surface area (Å²) in [4.78, 5) is 21.6. The van der Waals surface area contributed by atoms with E-state index in [2.05, 4.69) is 21.0 Å². The molecule has 0 saturated carbocycles. The third kappa shape index (κ3) is 5.36. The number of carbonyl (C=O) groups is 1. The Morgan fingerprint density at radius 1 is 1.30 bits per heavy atom. The fourth-order valence-corrected chi connectivity index (χ4v) is 1.63. The van der Waals surface area contributed by atoms with Crippen LogP contribution in [0.1, 0.15) is 19.8 Å². The number of ether oxygens (including phenoxy) is 1. The molecular weight excluding hydrogens is 260 g/mol. The van der Waals surface area contributed by atoms with Gasteiger partial charge in [-0.25, -0.2) is 0 Å². The van der Waals surface area contributed by atoms with Gasteiger partial charge in [0.1, 0.15) is 5.75 Å². The summed E-state index contributed by atoms with van der Waals surface area (Å²) in [5, 5.41) is 10.5. The Morgan fingerprint density at radius 2 is 1.90 bits per heavy atom. The molecule has 0 fully saturated rings. The third-order valence-corrected chi connectivity index (χ3v) is 3.28. The Hall–Kier alpha value is -1.95. The van der Waals surface area contributed by atoms with Crippen LogP contribution >= 0.6 is 0 Å². The monoisotopic (exact) mass is 281 g/mol. The van der Waals surface area contributed by atoms with Crippen LogP contribution in [0.5, 0.6) is 5.75 Å². The van der Waals surface area contributed by atoms with Gasteiger partial charge in [-0.15, -0.1) is 0 Å². The van der Waals surface area contributed by atoms with E-state index in [9.17, 15) is 14.9 Å². The van der Waals surface area contributed by atoms with Gasteiger partial charge >= 0.3 is 5.97 Å². The zero-order valence-corrected chi connectivity index (χ0v) is 12.2. The van der Waals surface area contributed by atoms with Crippen LogP contribution in [0, 0.1) is 10.1 Å². The Labute approximate surface area is 118 Å². The number of nitro benzene ring substituents is 1. The summed E-state index contributed by atoms with van der Waals surface area (Å²) in [6.07, 6.45) is 1.10. The minimum atomic E-state index is -0.490. The van der Waals surface area contributed by atoms with E-state index in [0.717, 1.165) is 24.0 Å². The number of quaternary nitrogens is 1. The summed E-state index contributed by atoms with van der Waals surface area (Å²) in [6, 6.07) is 5.50. The molecule has 0 saturated heterocycles. The highest BCUT2D eigenvalue weighted by molar-refractivity contribution is 5.72. The topological polar surface area (TPSA) is 69.4 Å². The molecule has 1 rings (SSSR count). The third-order valence-electron chi connectivity index (χ3n) is 3.28. The Kier molecular flexibility index (Phi) is 5.64. The molecule has 0 radical (unpaired) electrons. The van der Waals surface area contributed by atoms with Gasteiger partial charge in [-0.1, -0.05) is 0 Å². The minimum Gasteiger partial charge on any atom is -0.427 e. The van der Waals surface area contributed by atoms with E-state index in [4.69, 9.17) is 4.74 Å². The molecule has 0 unspecified atom stereocenters. The number of esters is 1. The van der Waals surface area contributed by atoms with E-state index < -0.39 is 4.92 Å². The number of nitro groups is 1. The standard InChI is InChI=1S/C14H21N2O4/c1-4-16(2,3)11-5-6-14(17)20-13-9-7-12(8-10-13)15(18)19/h7-10H,4-6,11H2,1-3H3/q+1. The van der Waals surface area contributed by atoms with E-state index in [1.807, 2.05) is 0 Å². The number of carbonyl (C=O) groups excluding carboxylic acids is 1. The van der Waals surface area contributed by atoms with Crippen LogP contribution in [0.4, 0.5) is 5.69 Å². The van der Waals surface area contributed by atoms with Crippen molar-refractivity contribution in [2.75, 3.05) is 27.2 Å². The lowest BCUT2D eigenvalue weighted by Crippen LogP contribution is -2.40. The number of hydrogen-bond acceptors (Lipinski definition) is 4. The number of rotatable bonds is 7. The molecule has 6 heteroatoms. The van der Waals surface area contributed by atoms with Crippen molar-refractivity contribution in [2.45, 2.75) is 19.8 Å². The molecule has 0 aliphatic heterocycles. The van der Waals surface area contributed by atoms with Crippen LogP contribution in [-0.4, -0.2) is 42.6 Å². The highest BCUT2D eigenvalue weighted by Gasteiger charge is 2.13. The van der Waals surface area contributed by atoms with E-state index in [1.54, 1.807) is 0 Å². The Balaban J connectivity index is 2.41. The highest BCUT2D eigenvalue weighted by atomic mass is 16.6. The quantitative estimate of drug-likeness (QED) is 0.253. The summed E-state index contributed by atoms with van der Waals surface area (Å²) in [5.41, 5.74) is -0.0215. The van der Waals surface area contributed by atoms with Gasteiger partial charge in [0.2, 0.25) is 0 Å². The number of non-ortho nitro benzene ring substituents is 1. The van der Waals surface area contributed by atoms with Gasteiger partial charge in [-0.3, -0.25) is 14.9 Å². The predicted octanol–water partition coefficient (Wildman–Crippen LogP) is 2.38. The van der Waals surface area contributed by atoms with Crippen molar-refractivity contribution >= 4 is 11.7 Å². The van der Waals surface area contributed by atoms with Crippen molar-refractivity contribution in [1.82, 2.24) is 0 Å². The Morgan fingerprint density at radius 3 is 2.40 bits per heavy atom. The number of hydrogen-bond donors (Lipinski definition) is 0. The van der Waals surface area contributed by atoms with Crippen LogP contribution in [0.15, 0.2) is 24.3 Å². The second-order valence-corrected chi connectivity index (χ2v) is 5.30. The maximum Gasteiger partial charge on any atom is 0.311 e. The molecule has 0 N–H and O–H groups in total. The molecular formula is C14H21N2O4+. The van der Waals surface area contributed by atoms with Crippen molar-refractivity contribution in [3.63, 3.8) is 0 Å². The van der Waals surface area contributed by atoms with Crippen molar-refractivity contribution in [3.8, 4) is 5.75 Å². The molecule has 0 bridgehead atoms. The fraction of sp³-hybridized carbons (Fsp3) is 0.500. The van der Waals surface area contributed by atoms with E-state index in [0.29, 0.717) is 12.2 Å². The lowest BCUT2D eigenvalue weighted by atomic mass is 10.2. The maximum atomic E-state index is 11.6. The first-order valence-corrected chi connectivity index (χ1v) is 6.61. The molecule has 0 atom stereocenters. The molecule has 6 nitrogen and oxygen atoms in total. The van der Waals surface area contributed by atoms with Crippen LogP contribution in [-0.2, 0) is 4.79 Å². The minimum absolute atomic E-state index is 0.0215. The van der Waals surface area contributed by atoms with Crippen LogP contribution in [0.25, 0.3) is 0 Å². The first kappa shape index (κ1) is 16.1. The first-order valence-electron chi connectivity index (χ1n) is 6.61. The molecule has 1 aromatic rings. The van der Waals surface area contributed by atoms with Gasteiger partial charge < -0.3 is 9.22 Å². The van der Waals surface area contributed by atoms with Gasteiger partial charge in [-0.05, 0) is 19.1 Å². The van der Waals surface area contributed by atoms with Gasteiger partial charge in [-0.2, -0.15) is 0 Å². The molecule has 20 heavy (non-hydrogen) atoms. The molecule has 0 aliphatic carbocycles.